The van der Waals surface area contributed by atoms with Crippen LogP contribution in [0.1, 0.15) is 20.7 Å². The summed E-state index contributed by atoms with van der Waals surface area (Å²) in [6.07, 6.45) is 0. The van der Waals surface area contributed by atoms with E-state index in [2.05, 4.69) is 31.1 Å². The summed E-state index contributed by atoms with van der Waals surface area (Å²) in [4.78, 5) is 25.5. The van der Waals surface area contributed by atoms with E-state index in [9.17, 15) is 24.9 Å². The predicted molar refractivity (Wildman–Crippen MR) is 233 cm³/mol. The zero-order valence-electron chi connectivity index (χ0n) is 31.1. The number of phenols is 3. The van der Waals surface area contributed by atoms with E-state index in [1.165, 1.54) is 30.3 Å². The van der Waals surface area contributed by atoms with Crippen LogP contribution in [-0.2, 0) is 17.1 Å². The van der Waals surface area contributed by atoms with Crippen LogP contribution in [0, 0.1) is 0 Å². The second-order valence-corrected chi connectivity index (χ2v) is 13.7. The van der Waals surface area contributed by atoms with Gasteiger partial charge in [0, 0.05) is 54.8 Å². The molecule has 5 N–H and O–H groups in total. The molecular formula is C46H32Cl2FeN6O5. The molecule has 0 aliphatic rings. The number of aromatic hydroxyl groups is 3. The quantitative estimate of drug-likeness (QED) is 0.0755. The number of phenolic OH excluding ortho intramolecular Hbond substituents is 3. The van der Waals surface area contributed by atoms with Crippen LogP contribution in [0.5, 0.6) is 17.2 Å². The molecule has 2 amide bonds. The zero-order chi connectivity index (χ0) is 41.3. The van der Waals surface area contributed by atoms with E-state index in [1.54, 1.807) is 54.6 Å². The van der Waals surface area contributed by atoms with Crippen molar-refractivity contribution in [3.63, 3.8) is 0 Å². The second kappa shape index (κ2) is 19.6. The van der Waals surface area contributed by atoms with Crippen LogP contribution in [0.15, 0.2) is 184 Å². The molecule has 8 rings (SSSR count). The first-order valence-electron chi connectivity index (χ1n) is 17.9. The van der Waals surface area contributed by atoms with Gasteiger partial charge in [-0.15, -0.1) is 20.5 Å². The van der Waals surface area contributed by atoms with Gasteiger partial charge in [-0.2, -0.15) is 0 Å². The van der Waals surface area contributed by atoms with Crippen molar-refractivity contribution in [1.29, 1.82) is 0 Å². The maximum Gasteiger partial charge on any atom is 0.259 e. The van der Waals surface area contributed by atoms with Gasteiger partial charge in [-0.05, 0) is 89.6 Å². The van der Waals surface area contributed by atoms with Crippen LogP contribution in [-0.4, -0.2) is 27.1 Å². The Kier molecular flexibility index (Phi) is 13.9. The van der Waals surface area contributed by atoms with Crippen molar-refractivity contribution in [2.24, 2.45) is 20.5 Å². The first-order chi connectivity index (χ1) is 28.6. The monoisotopic (exact) mass is 874 g/mol. The molecule has 0 unspecified atom stereocenters. The topological polar surface area (TPSA) is 168 Å². The van der Waals surface area contributed by atoms with Crippen molar-refractivity contribution in [1.82, 2.24) is 0 Å². The number of nitrogens with zero attached hydrogens (tertiary/aromatic N) is 4. The van der Waals surface area contributed by atoms with Crippen LogP contribution in [0.25, 0.3) is 21.5 Å². The van der Waals surface area contributed by atoms with Crippen molar-refractivity contribution >= 4 is 90.7 Å². The smallest absolute Gasteiger partial charge is 0.259 e. The number of para-hydroxylation sites is 2. The zero-order valence-corrected chi connectivity index (χ0v) is 33.8. The van der Waals surface area contributed by atoms with Gasteiger partial charge in [0.05, 0.1) is 11.3 Å². The van der Waals surface area contributed by atoms with Crippen molar-refractivity contribution in [2.45, 2.75) is 0 Å². The number of carbonyl (C=O) groups is 2. The Morgan fingerprint density at radius 3 is 1.52 bits per heavy atom. The fourth-order valence-corrected chi connectivity index (χ4v) is 6.24. The molecule has 0 aliphatic carbocycles. The fraction of sp³-hybridized carbons (Fsp3) is 0. The van der Waals surface area contributed by atoms with Crippen LogP contribution >= 0.6 is 23.2 Å². The standard InChI is InChI=1S/C23H16ClN3O3.C23H16ClN3O2.Fe/c24-15-10-11-20(28)19(13-15)26-27-21-17-9-5-4-6-14(17)12-18(22(21)29)23(30)25-16-7-2-1-3-8-16;24-17-10-11-22(28)21(14-17)27-26-20-13-16(12-15-6-4-5-9-19(15)20)23(29)25-18-7-2-1-3-8-18;/h1-13,28-29H,(H,25,30);1-14,28H,(H,25,29);. The Morgan fingerprint density at radius 2 is 0.933 bits per heavy atom. The largest absolute Gasteiger partial charge is 0.506 e. The summed E-state index contributed by atoms with van der Waals surface area (Å²) in [7, 11) is 0. The molecule has 298 valence electrons. The molecule has 0 fully saturated rings. The first-order valence-corrected chi connectivity index (χ1v) is 18.7. The summed E-state index contributed by atoms with van der Waals surface area (Å²) >= 11 is 11.9. The molecule has 0 heterocycles. The van der Waals surface area contributed by atoms with E-state index >= 15 is 0 Å². The SMILES string of the molecule is O=C(Nc1ccccc1)c1cc(N=Nc2cc(Cl)ccc2O)c2ccccc2c1.O=C(Nc1ccccc1)c1cc2ccccc2c(N=Nc2cc(Cl)ccc2O)c1O.[Fe]. The Hall–Kier alpha value is -7.08. The average molecular weight is 876 g/mol. The Labute approximate surface area is 364 Å². The van der Waals surface area contributed by atoms with Gasteiger partial charge in [-0.25, -0.2) is 0 Å². The second-order valence-electron chi connectivity index (χ2n) is 12.9. The summed E-state index contributed by atoms with van der Waals surface area (Å²) in [5.41, 5.74) is 2.84. The van der Waals surface area contributed by atoms with Crippen LogP contribution in [0.2, 0.25) is 10.0 Å². The number of anilines is 2. The Bertz CT molecular complexity index is 2900. The number of carbonyl (C=O) groups excluding carboxylic acids is 2. The first kappa shape index (κ1) is 42.5. The number of azo groups is 2. The van der Waals surface area contributed by atoms with Crippen molar-refractivity contribution in [3.8, 4) is 17.2 Å². The molecule has 8 aromatic carbocycles. The third-order valence-corrected chi connectivity index (χ3v) is 9.27. The minimum atomic E-state index is -0.480. The van der Waals surface area contributed by atoms with Gasteiger partial charge in [-0.3, -0.25) is 9.59 Å². The Balaban J connectivity index is 0.000000198. The molecule has 8 aromatic rings. The van der Waals surface area contributed by atoms with Crippen LogP contribution < -0.4 is 10.6 Å². The summed E-state index contributed by atoms with van der Waals surface area (Å²) in [6.45, 7) is 0. The van der Waals surface area contributed by atoms with E-state index in [4.69, 9.17) is 23.2 Å². The minimum absolute atomic E-state index is 0. The molecule has 0 atom stereocenters. The maximum absolute atomic E-state index is 12.8. The third-order valence-electron chi connectivity index (χ3n) is 8.80. The molecule has 0 aliphatic heterocycles. The van der Waals surface area contributed by atoms with Gasteiger partial charge in [0.2, 0.25) is 0 Å². The van der Waals surface area contributed by atoms with Crippen molar-refractivity contribution < 1.29 is 42.0 Å². The van der Waals surface area contributed by atoms with Gasteiger partial charge >= 0.3 is 0 Å². The predicted octanol–water partition coefficient (Wildman–Crippen LogP) is 13.4. The van der Waals surface area contributed by atoms with E-state index in [0.717, 1.165) is 10.8 Å². The van der Waals surface area contributed by atoms with Crippen LogP contribution in [0.3, 0.4) is 0 Å². The summed E-state index contributed by atoms with van der Waals surface area (Å²) in [5, 5.41) is 56.8. The third kappa shape index (κ3) is 10.3. The molecular weight excluding hydrogens is 843 g/mol. The van der Waals surface area contributed by atoms with Gasteiger partial charge in [0.15, 0.2) is 5.75 Å². The van der Waals surface area contributed by atoms with Crippen LogP contribution in [0.4, 0.5) is 34.1 Å². The summed E-state index contributed by atoms with van der Waals surface area (Å²) < 4.78 is 0. The van der Waals surface area contributed by atoms with Gasteiger partial charge < -0.3 is 26.0 Å². The average Bonchev–Trinajstić information content (AvgIpc) is 3.25. The van der Waals surface area contributed by atoms with Gasteiger partial charge in [-0.1, -0.05) is 108 Å². The summed E-state index contributed by atoms with van der Waals surface area (Å²) in [5.74, 6) is -1.17. The molecule has 0 aromatic heterocycles. The normalized spacial score (nSPS) is 10.9. The van der Waals surface area contributed by atoms with E-state index in [-0.39, 0.29) is 62.9 Å². The number of rotatable bonds is 8. The number of nitrogens with one attached hydrogen (secondary N) is 2. The molecule has 14 heteroatoms. The molecule has 0 bridgehead atoms. The van der Waals surface area contributed by atoms with Crippen molar-refractivity contribution in [2.75, 3.05) is 10.6 Å². The molecule has 0 spiro atoms. The molecule has 0 radical (unpaired) electrons. The molecule has 0 saturated carbocycles. The van der Waals surface area contributed by atoms with E-state index in [1.807, 2.05) is 78.9 Å². The molecule has 11 nitrogen and oxygen atoms in total. The minimum Gasteiger partial charge on any atom is -0.506 e. The maximum atomic E-state index is 12.8. The fourth-order valence-electron chi connectivity index (χ4n) is 5.91. The number of amides is 2. The van der Waals surface area contributed by atoms with Gasteiger partial charge in [0.1, 0.15) is 28.6 Å². The van der Waals surface area contributed by atoms with Crippen molar-refractivity contribution in [3.05, 3.63) is 185 Å². The molecule has 0 saturated heterocycles. The molecule has 60 heavy (non-hydrogen) atoms. The van der Waals surface area contributed by atoms with E-state index < -0.39 is 5.91 Å². The van der Waals surface area contributed by atoms with E-state index in [0.29, 0.717) is 43.4 Å². The Morgan fingerprint density at radius 1 is 0.467 bits per heavy atom. The van der Waals surface area contributed by atoms with Gasteiger partial charge in [0.25, 0.3) is 11.8 Å². The summed E-state index contributed by atoms with van der Waals surface area (Å²) in [6, 6.07) is 47.0. The number of fused-ring (bicyclic) bond motifs is 2. The number of halogens is 2. The number of benzene rings is 8. The number of hydrogen-bond donors (Lipinski definition) is 5. The number of hydrogen-bond acceptors (Lipinski definition) is 9.